The average Bonchev–Trinajstić information content (AvgIpc) is 2.32. The Bertz CT molecular complexity index is 454. The van der Waals surface area contributed by atoms with E-state index in [4.69, 9.17) is 10.5 Å². The van der Waals surface area contributed by atoms with E-state index in [2.05, 4.69) is 9.97 Å². The van der Waals surface area contributed by atoms with Crippen molar-refractivity contribution in [2.24, 2.45) is 5.73 Å². The molecule has 0 aliphatic rings. The van der Waals surface area contributed by atoms with Gasteiger partial charge in [0.05, 0.1) is 6.20 Å². The van der Waals surface area contributed by atoms with Gasteiger partial charge in [-0.3, -0.25) is 4.98 Å². The lowest BCUT2D eigenvalue weighted by Gasteiger charge is -2.06. The van der Waals surface area contributed by atoms with Crippen LogP contribution in [0.3, 0.4) is 0 Å². The molecule has 0 saturated carbocycles. The van der Waals surface area contributed by atoms with Crippen molar-refractivity contribution in [3.05, 3.63) is 48.4 Å². The van der Waals surface area contributed by atoms with Gasteiger partial charge in [0.1, 0.15) is 5.75 Å². The Labute approximate surface area is 100 Å². The van der Waals surface area contributed by atoms with E-state index >= 15 is 0 Å². The molecule has 1 unspecified atom stereocenters. The number of rotatable bonds is 4. The van der Waals surface area contributed by atoms with Crippen LogP contribution < -0.4 is 10.5 Å². The van der Waals surface area contributed by atoms with Crippen molar-refractivity contribution >= 4 is 0 Å². The maximum atomic E-state index is 5.72. The number of nitrogens with zero attached hydrogens (tertiary/aromatic N) is 2. The SMILES string of the molecule is CC(N)Cc1ccc(Oc2cccnc2)nc1. The van der Waals surface area contributed by atoms with Gasteiger partial charge in [-0.1, -0.05) is 6.07 Å². The molecule has 0 fully saturated rings. The predicted molar refractivity (Wildman–Crippen MR) is 65.9 cm³/mol. The lowest BCUT2D eigenvalue weighted by Crippen LogP contribution is -2.17. The van der Waals surface area contributed by atoms with Gasteiger partial charge in [0, 0.05) is 24.5 Å². The van der Waals surface area contributed by atoms with Crippen molar-refractivity contribution < 1.29 is 4.74 Å². The number of nitrogens with two attached hydrogens (primary N) is 1. The number of hydrogen-bond acceptors (Lipinski definition) is 4. The number of aromatic nitrogens is 2. The molecular weight excluding hydrogens is 214 g/mol. The largest absolute Gasteiger partial charge is 0.437 e. The minimum atomic E-state index is 0.141. The highest BCUT2D eigenvalue weighted by atomic mass is 16.5. The van der Waals surface area contributed by atoms with E-state index < -0.39 is 0 Å². The number of hydrogen-bond donors (Lipinski definition) is 1. The van der Waals surface area contributed by atoms with Gasteiger partial charge in [0.2, 0.25) is 5.88 Å². The molecule has 0 amide bonds. The molecule has 0 aromatic carbocycles. The fourth-order valence-corrected chi connectivity index (χ4v) is 1.49. The summed E-state index contributed by atoms with van der Waals surface area (Å²) in [5.41, 5.74) is 6.83. The first kappa shape index (κ1) is 11.5. The summed E-state index contributed by atoms with van der Waals surface area (Å²) in [5, 5.41) is 0. The average molecular weight is 229 g/mol. The molecule has 0 radical (unpaired) electrons. The third-order valence-electron chi connectivity index (χ3n) is 2.21. The van der Waals surface area contributed by atoms with E-state index in [0.717, 1.165) is 12.0 Å². The Morgan fingerprint density at radius 3 is 2.76 bits per heavy atom. The van der Waals surface area contributed by atoms with Crippen molar-refractivity contribution in [1.82, 2.24) is 9.97 Å². The molecule has 0 saturated heterocycles. The van der Waals surface area contributed by atoms with Crippen LogP contribution in [0.2, 0.25) is 0 Å². The second kappa shape index (κ2) is 5.41. The Morgan fingerprint density at radius 1 is 1.29 bits per heavy atom. The van der Waals surface area contributed by atoms with Crippen LogP contribution in [0, 0.1) is 0 Å². The molecule has 0 spiro atoms. The fourth-order valence-electron chi connectivity index (χ4n) is 1.49. The molecule has 2 rings (SSSR count). The molecule has 4 nitrogen and oxygen atoms in total. The second-order valence-electron chi connectivity index (χ2n) is 3.98. The monoisotopic (exact) mass is 229 g/mol. The van der Waals surface area contributed by atoms with Gasteiger partial charge in [0.25, 0.3) is 0 Å². The van der Waals surface area contributed by atoms with E-state index in [0.29, 0.717) is 11.6 Å². The van der Waals surface area contributed by atoms with Gasteiger partial charge in [-0.2, -0.15) is 0 Å². The Balaban J connectivity index is 2.03. The van der Waals surface area contributed by atoms with Crippen molar-refractivity contribution in [3.63, 3.8) is 0 Å². The highest BCUT2D eigenvalue weighted by molar-refractivity contribution is 5.25. The van der Waals surface area contributed by atoms with Crippen molar-refractivity contribution in [3.8, 4) is 11.6 Å². The summed E-state index contributed by atoms with van der Waals surface area (Å²) in [5.74, 6) is 1.24. The van der Waals surface area contributed by atoms with Crippen LogP contribution in [0.1, 0.15) is 12.5 Å². The lowest BCUT2D eigenvalue weighted by molar-refractivity contribution is 0.460. The minimum absolute atomic E-state index is 0.141. The van der Waals surface area contributed by atoms with Crippen molar-refractivity contribution in [1.29, 1.82) is 0 Å². The molecule has 1 atom stereocenters. The summed E-state index contributed by atoms with van der Waals surface area (Å²) < 4.78 is 5.53. The molecule has 0 bridgehead atoms. The Hall–Kier alpha value is -1.94. The van der Waals surface area contributed by atoms with E-state index in [1.54, 1.807) is 18.6 Å². The molecule has 17 heavy (non-hydrogen) atoms. The summed E-state index contributed by atoms with van der Waals surface area (Å²) in [4.78, 5) is 8.19. The highest BCUT2D eigenvalue weighted by Crippen LogP contribution is 2.17. The van der Waals surface area contributed by atoms with Crippen LogP contribution in [0.25, 0.3) is 0 Å². The molecule has 4 heteroatoms. The molecular formula is C13H15N3O. The van der Waals surface area contributed by atoms with Gasteiger partial charge in [-0.15, -0.1) is 0 Å². The normalized spacial score (nSPS) is 12.1. The van der Waals surface area contributed by atoms with Crippen LogP contribution >= 0.6 is 0 Å². The van der Waals surface area contributed by atoms with Gasteiger partial charge in [-0.05, 0) is 31.0 Å². The molecule has 2 heterocycles. The zero-order valence-corrected chi connectivity index (χ0v) is 9.71. The summed E-state index contributed by atoms with van der Waals surface area (Å²) in [7, 11) is 0. The Kier molecular flexibility index (Phi) is 3.67. The molecule has 88 valence electrons. The number of pyridine rings is 2. The second-order valence-corrected chi connectivity index (χ2v) is 3.98. The van der Waals surface area contributed by atoms with E-state index in [1.807, 2.05) is 31.2 Å². The van der Waals surface area contributed by atoms with Crippen LogP contribution in [0.5, 0.6) is 11.6 Å². The van der Waals surface area contributed by atoms with Crippen LogP contribution in [0.4, 0.5) is 0 Å². The lowest BCUT2D eigenvalue weighted by atomic mass is 10.1. The van der Waals surface area contributed by atoms with Crippen molar-refractivity contribution in [2.45, 2.75) is 19.4 Å². The summed E-state index contributed by atoms with van der Waals surface area (Å²) in [6.07, 6.45) is 5.96. The quantitative estimate of drug-likeness (QED) is 0.872. The summed E-state index contributed by atoms with van der Waals surface area (Å²) in [6, 6.07) is 7.61. The minimum Gasteiger partial charge on any atom is -0.437 e. The van der Waals surface area contributed by atoms with Crippen LogP contribution in [0.15, 0.2) is 42.9 Å². The molecule has 2 aromatic heterocycles. The maximum Gasteiger partial charge on any atom is 0.219 e. The number of ether oxygens (including phenoxy) is 1. The fraction of sp³-hybridized carbons (Fsp3) is 0.231. The zero-order chi connectivity index (χ0) is 12.1. The van der Waals surface area contributed by atoms with Crippen LogP contribution in [-0.4, -0.2) is 16.0 Å². The van der Waals surface area contributed by atoms with Gasteiger partial charge in [-0.25, -0.2) is 4.98 Å². The standard InChI is InChI=1S/C13H15N3O/c1-10(14)7-11-4-5-13(16-8-11)17-12-3-2-6-15-9-12/h2-6,8-10H,7,14H2,1H3. The third-order valence-corrected chi connectivity index (χ3v) is 2.21. The first-order valence-electron chi connectivity index (χ1n) is 5.52. The summed E-state index contributed by atoms with van der Waals surface area (Å²) >= 11 is 0. The maximum absolute atomic E-state index is 5.72. The smallest absolute Gasteiger partial charge is 0.219 e. The van der Waals surface area contributed by atoms with E-state index in [-0.39, 0.29) is 6.04 Å². The highest BCUT2D eigenvalue weighted by Gasteiger charge is 2.01. The first-order chi connectivity index (χ1) is 8.24. The predicted octanol–water partition coefficient (Wildman–Crippen LogP) is 2.16. The van der Waals surface area contributed by atoms with Gasteiger partial charge >= 0.3 is 0 Å². The zero-order valence-electron chi connectivity index (χ0n) is 9.71. The molecule has 0 aliphatic heterocycles. The summed E-state index contributed by atoms with van der Waals surface area (Å²) in [6.45, 7) is 1.97. The van der Waals surface area contributed by atoms with Gasteiger partial charge < -0.3 is 10.5 Å². The first-order valence-corrected chi connectivity index (χ1v) is 5.52. The molecule has 2 aromatic rings. The van der Waals surface area contributed by atoms with Crippen LogP contribution in [-0.2, 0) is 6.42 Å². The topological polar surface area (TPSA) is 61.0 Å². The van der Waals surface area contributed by atoms with Gasteiger partial charge in [0.15, 0.2) is 0 Å². The van der Waals surface area contributed by atoms with E-state index in [1.165, 1.54) is 0 Å². The Morgan fingerprint density at radius 2 is 2.18 bits per heavy atom. The van der Waals surface area contributed by atoms with E-state index in [9.17, 15) is 0 Å². The van der Waals surface area contributed by atoms with Crippen molar-refractivity contribution in [2.75, 3.05) is 0 Å². The molecule has 0 aliphatic carbocycles. The third kappa shape index (κ3) is 3.53. The molecule has 2 N–H and O–H groups in total.